The Balaban J connectivity index is 1.41. The molecule has 40 heavy (non-hydrogen) atoms. The lowest BCUT2D eigenvalue weighted by Gasteiger charge is -2.43. The van der Waals surface area contributed by atoms with E-state index in [1.807, 2.05) is 30.3 Å². The summed E-state index contributed by atoms with van der Waals surface area (Å²) >= 11 is 0. The Kier molecular flexibility index (Phi) is 9.82. The largest absolute Gasteiger partial charge is 0.416 e. The van der Waals surface area contributed by atoms with Crippen LogP contribution in [0.1, 0.15) is 66.8 Å². The number of rotatable bonds is 8. The number of carbonyl (C=O) groups is 1. The zero-order chi connectivity index (χ0) is 28.9. The van der Waals surface area contributed by atoms with E-state index in [0.29, 0.717) is 6.04 Å². The van der Waals surface area contributed by atoms with Crippen LogP contribution in [0.5, 0.6) is 0 Å². The van der Waals surface area contributed by atoms with Crippen LogP contribution in [0, 0.1) is 0 Å². The van der Waals surface area contributed by atoms with Crippen LogP contribution in [0.25, 0.3) is 0 Å². The predicted octanol–water partition coefficient (Wildman–Crippen LogP) is 6.81. The molecule has 1 atom stereocenters. The zero-order valence-corrected chi connectivity index (χ0v) is 22.8. The van der Waals surface area contributed by atoms with Gasteiger partial charge in [-0.2, -0.15) is 26.3 Å². The maximum Gasteiger partial charge on any atom is 0.416 e. The van der Waals surface area contributed by atoms with Gasteiger partial charge in [-0.15, -0.1) is 0 Å². The molecule has 4 nitrogen and oxygen atoms in total. The van der Waals surface area contributed by atoms with E-state index < -0.39 is 29.5 Å². The summed E-state index contributed by atoms with van der Waals surface area (Å²) in [6.07, 6.45) is -3.83. The van der Waals surface area contributed by atoms with Crippen molar-refractivity contribution in [1.29, 1.82) is 0 Å². The molecule has 0 saturated carbocycles. The number of nitrogens with zero attached hydrogens (tertiary/aromatic N) is 3. The number of hydrogen-bond acceptors (Lipinski definition) is 3. The fourth-order valence-corrected chi connectivity index (χ4v) is 5.94. The van der Waals surface area contributed by atoms with Crippen molar-refractivity contribution >= 4 is 5.91 Å². The third-order valence-electron chi connectivity index (χ3n) is 8.10. The van der Waals surface area contributed by atoms with Crippen molar-refractivity contribution in [1.82, 2.24) is 14.7 Å². The number of likely N-dealkylation sites (N-methyl/N-ethyl adjacent to an activating group) is 1. The first-order valence-corrected chi connectivity index (χ1v) is 14.0. The molecule has 0 aromatic heterocycles. The fourth-order valence-electron chi connectivity index (χ4n) is 5.94. The van der Waals surface area contributed by atoms with Crippen molar-refractivity contribution in [3.63, 3.8) is 0 Å². The minimum absolute atomic E-state index is 0.0121. The third-order valence-corrected chi connectivity index (χ3v) is 8.10. The minimum Gasteiger partial charge on any atom is -0.344 e. The number of halogens is 6. The summed E-state index contributed by atoms with van der Waals surface area (Å²) in [5.41, 5.74) is -1.82. The van der Waals surface area contributed by atoms with Gasteiger partial charge in [-0.25, -0.2) is 0 Å². The van der Waals surface area contributed by atoms with E-state index in [4.69, 9.17) is 0 Å². The second kappa shape index (κ2) is 12.9. The van der Waals surface area contributed by atoms with E-state index >= 15 is 0 Å². The smallest absolute Gasteiger partial charge is 0.344 e. The van der Waals surface area contributed by atoms with Crippen molar-refractivity contribution in [2.45, 2.75) is 69.4 Å². The summed E-state index contributed by atoms with van der Waals surface area (Å²) in [4.78, 5) is 20.0. The van der Waals surface area contributed by atoms with Crippen molar-refractivity contribution in [2.75, 3.05) is 39.8 Å². The van der Waals surface area contributed by atoms with E-state index in [2.05, 4.69) is 9.80 Å². The number of piperidine rings is 2. The highest BCUT2D eigenvalue weighted by atomic mass is 19.4. The van der Waals surface area contributed by atoms with Crippen molar-refractivity contribution in [2.24, 2.45) is 0 Å². The number of aryl methyl sites for hydroxylation is 1. The first-order valence-electron chi connectivity index (χ1n) is 14.0. The molecule has 2 saturated heterocycles. The fraction of sp³-hybridized carbons (Fsp3) is 0.567. The van der Waals surface area contributed by atoms with Gasteiger partial charge >= 0.3 is 12.4 Å². The average Bonchev–Trinajstić information content (AvgIpc) is 2.93. The molecule has 2 aliphatic rings. The number of alkyl halides is 6. The lowest BCUT2D eigenvalue weighted by atomic mass is 9.96. The molecule has 0 radical (unpaired) electrons. The van der Waals surface area contributed by atoms with E-state index in [-0.39, 0.29) is 36.9 Å². The molecule has 0 N–H and O–H groups in total. The molecule has 220 valence electrons. The Morgan fingerprint density at radius 1 is 0.875 bits per heavy atom. The van der Waals surface area contributed by atoms with Gasteiger partial charge < -0.3 is 9.80 Å². The monoisotopic (exact) mass is 569 g/mol. The first kappa shape index (κ1) is 30.4. The van der Waals surface area contributed by atoms with Gasteiger partial charge in [0.2, 0.25) is 5.91 Å². The summed E-state index contributed by atoms with van der Waals surface area (Å²) in [5.74, 6) is -0.123. The van der Waals surface area contributed by atoms with Crippen molar-refractivity contribution < 1.29 is 31.1 Å². The van der Waals surface area contributed by atoms with Crippen LogP contribution in [-0.4, -0.2) is 66.4 Å². The second-order valence-corrected chi connectivity index (χ2v) is 11.0. The number of likely N-dealkylation sites (tertiary alicyclic amines) is 2. The van der Waals surface area contributed by atoms with Crippen LogP contribution in [-0.2, 0) is 23.6 Å². The third kappa shape index (κ3) is 7.78. The number of hydrogen-bond donors (Lipinski definition) is 0. The van der Waals surface area contributed by atoms with E-state index in [9.17, 15) is 31.1 Å². The Morgan fingerprint density at radius 3 is 2.00 bits per heavy atom. The van der Waals surface area contributed by atoms with Gasteiger partial charge in [0, 0.05) is 32.7 Å². The zero-order valence-electron chi connectivity index (χ0n) is 22.8. The first-order chi connectivity index (χ1) is 18.9. The Bertz CT molecular complexity index is 1070. The van der Waals surface area contributed by atoms with Crippen LogP contribution >= 0.6 is 0 Å². The average molecular weight is 570 g/mol. The SMILES string of the molecule is CN(CCCc1cc(C(F)(F)F)cc(C(F)(F)F)c1)C(=O)C(c1ccccc1)N1CCC(N2CCCCC2)CC1. The quantitative estimate of drug-likeness (QED) is 0.327. The van der Waals surface area contributed by atoms with E-state index in [1.54, 1.807) is 11.9 Å². The molecule has 2 heterocycles. The van der Waals surface area contributed by atoms with E-state index in [0.717, 1.165) is 56.7 Å². The van der Waals surface area contributed by atoms with Gasteiger partial charge in [0.05, 0.1) is 11.1 Å². The van der Waals surface area contributed by atoms with Crippen LogP contribution < -0.4 is 0 Å². The topological polar surface area (TPSA) is 26.8 Å². The molecular formula is C30H37F6N3O. The minimum atomic E-state index is -4.88. The highest BCUT2D eigenvalue weighted by Gasteiger charge is 2.37. The Morgan fingerprint density at radius 2 is 1.45 bits per heavy atom. The van der Waals surface area contributed by atoms with Crippen LogP contribution in [0.4, 0.5) is 26.3 Å². The van der Waals surface area contributed by atoms with Gasteiger partial charge in [0.25, 0.3) is 0 Å². The lowest BCUT2D eigenvalue weighted by molar-refractivity contribution is -0.143. The van der Waals surface area contributed by atoms with Crippen LogP contribution in [0.3, 0.4) is 0 Å². The molecule has 2 fully saturated rings. The molecule has 1 amide bonds. The highest BCUT2D eigenvalue weighted by molar-refractivity contribution is 5.83. The van der Waals surface area contributed by atoms with Gasteiger partial charge in [-0.05, 0) is 80.9 Å². The van der Waals surface area contributed by atoms with Gasteiger partial charge in [0.15, 0.2) is 0 Å². The van der Waals surface area contributed by atoms with E-state index in [1.165, 1.54) is 19.3 Å². The summed E-state index contributed by atoms with van der Waals surface area (Å²) in [6, 6.07) is 11.2. The Labute approximate surface area is 231 Å². The number of amides is 1. The predicted molar refractivity (Wildman–Crippen MR) is 142 cm³/mol. The van der Waals surface area contributed by atoms with Gasteiger partial charge in [-0.3, -0.25) is 9.69 Å². The molecule has 0 spiro atoms. The normalized spacial score (nSPS) is 19.0. The highest BCUT2D eigenvalue weighted by Crippen LogP contribution is 2.36. The molecule has 10 heteroatoms. The standard InChI is InChI=1S/C30H37F6N3O/c1-37(14-8-9-22-19-24(29(31,32)33)21-25(20-22)30(34,35)36)28(40)27(23-10-4-2-5-11-23)39-17-12-26(13-18-39)38-15-6-3-7-16-38/h2,4-5,10-11,19-21,26-27H,3,6-9,12-18H2,1H3. The number of benzene rings is 2. The maximum absolute atomic E-state index is 13.7. The second-order valence-electron chi connectivity index (χ2n) is 11.0. The van der Waals surface area contributed by atoms with Gasteiger partial charge in [0.1, 0.15) is 6.04 Å². The molecule has 2 aliphatic heterocycles. The molecule has 1 unspecified atom stereocenters. The summed E-state index contributed by atoms with van der Waals surface area (Å²) in [7, 11) is 1.64. The van der Waals surface area contributed by atoms with Crippen molar-refractivity contribution in [3.8, 4) is 0 Å². The van der Waals surface area contributed by atoms with Crippen LogP contribution in [0.15, 0.2) is 48.5 Å². The lowest BCUT2D eigenvalue weighted by Crippen LogP contribution is -2.50. The molecule has 0 aliphatic carbocycles. The summed E-state index contributed by atoms with van der Waals surface area (Å²) < 4.78 is 79.3. The van der Waals surface area contributed by atoms with Crippen molar-refractivity contribution in [3.05, 3.63) is 70.8 Å². The molecule has 0 bridgehead atoms. The summed E-state index contributed by atoms with van der Waals surface area (Å²) in [6.45, 7) is 4.04. The summed E-state index contributed by atoms with van der Waals surface area (Å²) in [5, 5.41) is 0. The Hall–Kier alpha value is -2.59. The molecule has 2 aromatic rings. The number of carbonyl (C=O) groups excluding carboxylic acids is 1. The van der Waals surface area contributed by atoms with Crippen LogP contribution in [0.2, 0.25) is 0 Å². The van der Waals surface area contributed by atoms with Gasteiger partial charge in [-0.1, -0.05) is 36.8 Å². The maximum atomic E-state index is 13.7. The molecular weight excluding hydrogens is 532 g/mol. The molecule has 4 rings (SSSR count). The molecule has 2 aromatic carbocycles.